The standard InChI is InChI=1S/C14H13N5/c15-10-4-5-12-13(7-10)18-9-19-14(12)17-8-11-3-1-2-6-16-11/h1-7,9H,8,15H2,(H,17,18,19). The molecular formula is C14H13N5. The molecule has 0 saturated carbocycles. The quantitative estimate of drug-likeness (QED) is 0.698. The number of fused-ring (bicyclic) bond motifs is 1. The number of benzene rings is 1. The first-order valence-electron chi connectivity index (χ1n) is 5.97. The summed E-state index contributed by atoms with van der Waals surface area (Å²) in [6, 6.07) is 11.4. The van der Waals surface area contributed by atoms with Gasteiger partial charge in [-0.1, -0.05) is 6.07 Å². The predicted molar refractivity (Wildman–Crippen MR) is 75.5 cm³/mol. The second-order valence-electron chi connectivity index (χ2n) is 4.17. The van der Waals surface area contributed by atoms with Gasteiger partial charge in [0, 0.05) is 17.3 Å². The molecule has 0 atom stereocenters. The van der Waals surface area contributed by atoms with Gasteiger partial charge in [-0.3, -0.25) is 4.98 Å². The molecule has 0 amide bonds. The highest BCUT2D eigenvalue weighted by Crippen LogP contribution is 2.21. The molecule has 0 saturated heterocycles. The van der Waals surface area contributed by atoms with E-state index in [9.17, 15) is 0 Å². The number of rotatable bonds is 3. The Morgan fingerprint density at radius 2 is 2.00 bits per heavy atom. The molecular weight excluding hydrogens is 238 g/mol. The van der Waals surface area contributed by atoms with E-state index < -0.39 is 0 Å². The molecule has 0 aliphatic heterocycles. The fraction of sp³-hybridized carbons (Fsp3) is 0.0714. The molecule has 0 radical (unpaired) electrons. The second-order valence-corrected chi connectivity index (χ2v) is 4.17. The highest BCUT2D eigenvalue weighted by Gasteiger charge is 2.03. The van der Waals surface area contributed by atoms with Crippen LogP contribution >= 0.6 is 0 Å². The van der Waals surface area contributed by atoms with Crippen LogP contribution in [0.4, 0.5) is 11.5 Å². The minimum Gasteiger partial charge on any atom is -0.399 e. The average Bonchev–Trinajstić information content (AvgIpc) is 2.45. The van der Waals surface area contributed by atoms with Crippen molar-refractivity contribution >= 4 is 22.4 Å². The number of hydrogen-bond acceptors (Lipinski definition) is 5. The molecule has 2 aromatic heterocycles. The molecule has 0 aliphatic rings. The van der Waals surface area contributed by atoms with Crippen molar-refractivity contribution in [2.75, 3.05) is 11.1 Å². The summed E-state index contributed by atoms with van der Waals surface area (Å²) in [5, 5.41) is 4.22. The number of hydrogen-bond donors (Lipinski definition) is 2. The summed E-state index contributed by atoms with van der Waals surface area (Å²) >= 11 is 0. The van der Waals surface area contributed by atoms with Crippen LogP contribution in [0.5, 0.6) is 0 Å². The lowest BCUT2D eigenvalue weighted by Gasteiger charge is -2.08. The third-order valence-corrected chi connectivity index (χ3v) is 2.82. The van der Waals surface area contributed by atoms with Gasteiger partial charge >= 0.3 is 0 Å². The monoisotopic (exact) mass is 251 g/mol. The molecule has 0 bridgehead atoms. The Hall–Kier alpha value is -2.69. The van der Waals surface area contributed by atoms with E-state index in [0.717, 1.165) is 22.4 Å². The van der Waals surface area contributed by atoms with Crippen LogP contribution in [0.25, 0.3) is 10.9 Å². The zero-order chi connectivity index (χ0) is 13.1. The number of nitrogens with zero attached hydrogens (tertiary/aromatic N) is 3. The molecule has 3 rings (SSSR count). The van der Waals surface area contributed by atoms with Gasteiger partial charge in [0.1, 0.15) is 12.1 Å². The predicted octanol–water partition coefficient (Wildman–Crippen LogP) is 2.22. The van der Waals surface area contributed by atoms with Gasteiger partial charge in [0.15, 0.2) is 0 Å². The zero-order valence-corrected chi connectivity index (χ0v) is 10.2. The number of anilines is 2. The van der Waals surface area contributed by atoms with E-state index in [0.29, 0.717) is 12.2 Å². The van der Waals surface area contributed by atoms with Gasteiger partial charge < -0.3 is 11.1 Å². The molecule has 0 fully saturated rings. The van der Waals surface area contributed by atoms with Crippen LogP contribution in [0, 0.1) is 0 Å². The van der Waals surface area contributed by atoms with Gasteiger partial charge in [0.2, 0.25) is 0 Å². The third-order valence-electron chi connectivity index (χ3n) is 2.82. The van der Waals surface area contributed by atoms with Gasteiger partial charge in [0.25, 0.3) is 0 Å². The Kier molecular flexibility index (Phi) is 2.94. The van der Waals surface area contributed by atoms with Crippen molar-refractivity contribution in [3.63, 3.8) is 0 Å². The first-order chi connectivity index (χ1) is 9.33. The largest absolute Gasteiger partial charge is 0.399 e. The molecule has 94 valence electrons. The van der Waals surface area contributed by atoms with Gasteiger partial charge in [-0.25, -0.2) is 9.97 Å². The minimum atomic E-state index is 0.622. The van der Waals surface area contributed by atoms with Crippen molar-refractivity contribution in [3.05, 3.63) is 54.6 Å². The lowest BCUT2D eigenvalue weighted by molar-refractivity contribution is 1.03. The van der Waals surface area contributed by atoms with Gasteiger partial charge in [0.05, 0.1) is 17.8 Å². The second kappa shape index (κ2) is 4.89. The summed E-state index contributed by atoms with van der Waals surface area (Å²) in [4.78, 5) is 12.7. The van der Waals surface area contributed by atoms with Crippen LogP contribution in [-0.2, 0) is 6.54 Å². The molecule has 0 spiro atoms. The van der Waals surface area contributed by atoms with Crippen LogP contribution in [0.2, 0.25) is 0 Å². The Morgan fingerprint density at radius 1 is 1.05 bits per heavy atom. The fourth-order valence-corrected chi connectivity index (χ4v) is 1.89. The summed E-state index contributed by atoms with van der Waals surface area (Å²) in [6.07, 6.45) is 3.30. The summed E-state index contributed by atoms with van der Waals surface area (Å²) in [7, 11) is 0. The molecule has 3 N–H and O–H groups in total. The third kappa shape index (κ3) is 2.44. The van der Waals surface area contributed by atoms with Crippen LogP contribution in [-0.4, -0.2) is 15.0 Å². The molecule has 0 unspecified atom stereocenters. The summed E-state index contributed by atoms with van der Waals surface area (Å²) < 4.78 is 0. The van der Waals surface area contributed by atoms with E-state index in [4.69, 9.17) is 5.73 Å². The van der Waals surface area contributed by atoms with Crippen LogP contribution in [0.15, 0.2) is 48.9 Å². The number of nitrogen functional groups attached to an aromatic ring is 1. The van der Waals surface area contributed by atoms with E-state index in [2.05, 4.69) is 20.3 Å². The van der Waals surface area contributed by atoms with Crippen molar-refractivity contribution in [1.29, 1.82) is 0 Å². The summed E-state index contributed by atoms with van der Waals surface area (Å²) in [5.74, 6) is 0.788. The SMILES string of the molecule is Nc1ccc2c(NCc3ccccn3)ncnc2c1. The first kappa shape index (κ1) is 11.4. The van der Waals surface area contributed by atoms with E-state index in [-0.39, 0.29) is 0 Å². The Morgan fingerprint density at radius 3 is 2.84 bits per heavy atom. The topological polar surface area (TPSA) is 76.7 Å². The maximum Gasteiger partial charge on any atom is 0.137 e. The smallest absolute Gasteiger partial charge is 0.137 e. The summed E-state index contributed by atoms with van der Waals surface area (Å²) in [6.45, 7) is 0.622. The van der Waals surface area contributed by atoms with Crippen LogP contribution < -0.4 is 11.1 Å². The molecule has 5 heteroatoms. The van der Waals surface area contributed by atoms with E-state index in [1.54, 1.807) is 6.20 Å². The maximum absolute atomic E-state index is 5.75. The molecule has 2 heterocycles. The molecule has 3 aromatic rings. The number of nitrogens with two attached hydrogens (primary N) is 1. The van der Waals surface area contributed by atoms with Crippen molar-refractivity contribution < 1.29 is 0 Å². The zero-order valence-electron chi connectivity index (χ0n) is 10.2. The van der Waals surface area contributed by atoms with E-state index in [1.165, 1.54) is 6.33 Å². The lowest BCUT2D eigenvalue weighted by Crippen LogP contribution is -2.04. The minimum absolute atomic E-state index is 0.622. The highest BCUT2D eigenvalue weighted by atomic mass is 15.0. The van der Waals surface area contributed by atoms with Crippen molar-refractivity contribution in [3.8, 4) is 0 Å². The van der Waals surface area contributed by atoms with Crippen molar-refractivity contribution in [2.45, 2.75) is 6.54 Å². The first-order valence-corrected chi connectivity index (χ1v) is 5.97. The lowest BCUT2D eigenvalue weighted by atomic mass is 10.2. The van der Waals surface area contributed by atoms with Gasteiger partial charge in [-0.2, -0.15) is 0 Å². The number of aromatic nitrogens is 3. The fourth-order valence-electron chi connectivity index (χ4n) is 1.89. The molecule has 0 aliphatic carbocycles. The Balaban J connectivity index is 1.89. The van der Waals surface area contributed by atoms with Crippen LogP contribution in [0.3, 0.4) is 0 Å². The highest BCUT2D eigenvalue weighted by molar-refractivity contribution is 5.90. The van der Waals surface area contributed by atoms with Crippen molar-refractivity contribution in [2.24, 2.45) is 0 Å². The maximum atomic E-state index is 5.75. The summed E-state index contributed by atoms with van der Waals surface area (Å²) in [5.41, 5.74) is 8.24. The van der Waals surface area contributed by atoms with Crippen LogP contribution in [0.1, 0.15) is 5.69 Å². The van der Waals surface area contributed by atoms with Crippen molar-refractivity contribution in [1.82, 2.24) is 15.0 Å². The van der Waals surface area contributed by atoms with E-state index >= 15 is 0 Å². The molecule has 1 aromatic carbocycles. The van der Waals surface area contributed by atoms with Gasteiger partial charge in [-0.15, -0.1) is 0 Å². The molecule has 5 nitrogen and oxygen atoms in total. The van der Waals surface area contributed by atoms with E-state index in [1.807, 2.05) is 36.4 Å². The number of pyridine rings is 1. The van der Waals surface area contributed by atoms with Gasteiger partial charge in [-0.05, 0) is 30.3 Å². The Labute approximate surface area is 110 Å². The Bertz CT molecular complexity index is 697. The average molecular weight is 251 g/mol. The number of nitrogens with one attached hydrogen (secondary N) is 1. The normalized spacial score (nSPS) is 10.5. The molecule has 19 heavy (non-hydrogen) atoms.